The average molecular weight is 426 g/mol. The van der Waals surface area contributed by atoms with Crippen LogP contribution in [0.5, 0.6) is 0 Å². The molecule has 31 heavy (non-hydrogen) atoms. The van der Waals surface area contributed by atoms with Crippen molar-refractivity contribution in [3.8, 4) is 0 Å². The van der Waals surface area contributed by atoms with Gasteiger partial charge in [0.05, 0.1) is 5.41 Å². The Morgan fingerprint density at radius 3 is 2.65 bits per heavy atom. The molecule has 2 atom stereocenters. The third-order valence-corrected chi connectivity index (χ3v) is 6.63. The molecule has 2 aromatic rings. The summed E-state index contributed by atoms with van der Waals surface area (Å²) in [5.74, 6) is 1.19. The van der Waals surface area contributed by atoms with E-state index in [0.29, 0.717) is 50.9 Å². The van der Waals surface area contributed by atoms with Crippen molar-refractivity contribution >= 4 is 11.9 Å². The van der Waals surface area contributed by atoms with Gasteiger partial charge in [0, 0.05) is 51.1 Å². The van der Waals surface area contributed by atoms with E-state index < -0.39 is 5.41 Å². The number of amides is 3. The summed E-state index contributed by atoms with van der Waals surface area (Å²) in [7, 11) is 0. The van der Waals surface area contributed by atoms with Gasteiger partial charge in [0.2, 0.25) is 11.8 Å². The van der Waals surface area contributed by atoms with Gasteiger partial charge in [-0.1, -0.05) is 24.6 Å². The summed E-state index contributed by atoms with van der Waals surface area (Å²) in [4.78, 5) is 29.8. The minimum atomic E-state index is -0.413. The number of nitrogens with zero attached hydrogens (tertiary/aromatic N) is 4. The monoisotopic (exact) mass is 425 g/mol. The summed E-state index contributed by atoms with van der Waals surface area (Å²) in [6.07, 6.45) is 1.57. The quantitative estimate of drug-likeness (QED) is 0.813. The van der Waals surface area contributed by atoms with Gasteiger partial charge in [-0.25, -0.2) is 4.79 Å². The zero-order valence-corrected chi connectivity index (χ0v) is 18.8. The van der Waals surface area contributed by atoms with E-state index in [9.17, 15) is 9.59 Å². The maximum atomic E-state index is 13.3. The first-order valence-electron chi connectivity index (χ1n) is 11.0. The summed E-state index contributed by atoms with van der Waals surface area (Å²) >= 11 is 0. The smallest absolute Gasteiger partial charge is 0.317 e. The number of aromatic nitrogens is 2. The van der Waals surface area contributed by atoms with Crippen LogP contribution in [-0.4, -0.2) is 64.7 Å². The molecule has 3 heterocycles. The number of likely N-dealkylation sites (tertiary alicyclic amines) is 2. The van der Waals surface area contributed by atoms with E-state index in [1.165, 1.54) is 0 Å². The second-order valence-electron chi connectivity index (χ2n) is 8.91. The lowest BCUT2D eigenvalue weighted by molar-refractivity contribution is 0.0567. The normalized spacial score (nSPS) is 23.0. The van der Waals surface area contributed by atoms with Gasteiger partial charge < -0.3 is 19.5 Å². The highest BCUT2D eigenvalue weighted by molar-refractivity contribution is 5.95. The Labute approximate surface area is 183 Å². The maximum absolute atomic E-state index is 13.3. The van der Waals surface area contributed by atoms with Crippen LogP contribution in [0.3, 0.4) is 0 Å². The van der Waals surface area contributed by atoms with Crippen LogP contribution in [-0.2, 0) is 5.41 Å². The minimum absolute atomic E-state index is 0.0432. The van der Waals surface area contributed by atoms with Crippen molar-refractivity contribution < 1.29 is 14.0 Å². The SMILES string of the molecule is CCCNC(=O)N1C[C@@H]2CN(C(=O)c3ccc(C)cc3C)CC[C@]2(c2nnc(C)o2)C1. The zero-order chi connectivity index (χ0) is 22.2. The molecule has 0 aliphatic carbocycles. The third kappa shape index (κ3) is 3.91. The standard InChI is InChI=1S/C23H31N5O3/c1-5-9-24-22(30)28-13-18-12-27(20(29)19-7-6-15(2)11-16(19)3)10-8-23(18,14-28)21-26-25-17(4)31-21/h6-7,11,18H,5,8-10,12-14H2,1-4H3,(H,24,30)/t18-,23-/m0/s1. The third-order valence-electron chi connectivity index (χ3n) is 6.63. The van der Waals surface area contributed by atoms with Gasteiger partial charge in [-0.05, 0) is 38.3 Å². The lowest BCUT2D eigenvalue weighted by Gasteiger charge is -2.41. The average Bonchev–Trinajstić information content (AvgIpc) is 3.35. The van der Waals surface area contributed by atoms with Crippen molar-refractivity contribution in [2.45, 2.75) is 46.0 Å². The van der Waals surface area contributed by atoms with Crippen molar-refractivity contribution in [1.82, 2.24) is 25.3 Å². The molecule has 1 N–H and O–H groups in total. The van der Waals surface area contributed by atoms with Crippen molar-refractivity contribution in [3.05, 3.63) is 46.7 Å². The molecule has 2 fully saturated rings. The molecule has 2 aliphatic heterocycles. The van der Waals surface area contributed by atoms with Gasteiger partial charge in [0.1, 0.15) is 0 Å². The van der Waals surface area contributed by atoms with Gasteiger partial charge in [-0.2, -0.15) is 0 Å². The van der Waals surface area contributed by atoms with Gasteiger partial charge in [0.15, 0.2) is 0 Å². The molecule has 8 nitrogen and oxygen atoms in total. The number of rotatable bonds is 4. The molecule has 1 aromatic carbocycles. The summed E-state index contributed by atoms with van der Waals surface area (Å²) < 4.78 is 5.87. The molecular weight excluding hydrogens is 394 g/mol. The molecule has 0 unspecified atom stereocenters. The number of hydrogen-bond acceptors (Lipinski definition) is 5. The Morgan fingerprint density at radius 1 is 1.19 bits per heavy atom. The first-order chi connectivity index (χ1) is 14.8. The Bertz CT molecular complexity index is 987. The fourth-order valence-corrected chi connectivity index (χ4v) is 4.94. The van der Waals surface area contributed by atoms with E-state index in [1.54, 1.807) is 6.92 Å². The highest BCUT2D eigenvalue weighted by atomic mass is 16.4. The van der Waals surface area contributed by atoms with Crippen LogP contribution in [0.1, 0.15) is 53.0 Å². The molecule has 3 amide bonds. The second-order valence-corrected chi connectivity index (χ2v) is 8.91. The Morgan fingerprint density at radius 2 is 1.97 bits per heavy atom. The number of fused-ring (bicyclic) bond motifs is 1. The molecular formula is C23H31N5O3. The van der Waals surface area contributed by atoms with Crippen LogP contribution < -0.4 is 5.32 Å². The molecule has 0 spiro atoms. The van der Waals surface area contributed by atoms with Crippen LogP contribution in [0.15, 0.2) is 22.6 Å². The second kappa shape index (κ2) is 8.32. The van der Waals surface area contributed by atoms with Crippen molar-refractivity contribution in [2.75, 3.05) is 32.7 Å². The van der Waals surface area contributed by atoms with E-state index >= 15 is 0 Å². The highest BCUT2D eigenvalue weighted by Crippen LogP contribution is 2.45. The number of piperidine rings is 1. The summed E-state index contributed by atoms with van der Waals surface area (Å²) in [5, 5.41) is 11.3. The van der Waals surface area contributed by atoms with Crippen LogP contribution in [0, 0.1) is 26.7 Å². The fourth-order valence-electron chi connectivity index (χ4n) is 4.94. The van der Waals surface area contributed by atoms with Gasteiger partial charge >= 0.3 is 6.03 Å². The number of nitrogens with one attached hydrogen (secondary N) is 1. The first-order valence-corrected chi connectivity index (χ1v) is 11.0. The number of carbonyl (C=O) groups excluding carboxylic acids is 2. The van der Waals surface area contributed by atoms with E-state index in [0.717, 1.165) is 23.1 Å². The summed E-state index contributed by atoms with van der Waals surface area (Å²) in [6, 6.07) is 5.86. The number of benzene rings is 1. The predicted molar refractivity (Wildman–Crippen MR) is 116 cm³/mol. The van der Waals surface area contributed by atoms with E-state index in [1.807, 2.05) is 48.8 Å². The van der Waals surface area contributed by atoms with Gasteiger partial charge in [-0.15, -0.1) is 10.2 Å². The number of aryl methyl sites for hydroxylation is 3. The molecule has 1 aromatic heterocycles. The minimum Gasteiger partial charge on any atom is -0.425 e. The maximum Gasteiger partial charge on any atom is 0.317 e. The van der Waals surface area contributed by atoms with Crippen LogP contribution in [0.4, 0.5) is 4.79 Å². The highest BCUT2D eigenvalue weighted by Gasteiger charge is 2.55. The Kier molecular flexibility index (Phi) is 5.73. The van der Waals surface area contributed by atoms with E-state index in [2.05, 4.69) is 15.5 Å². The van der Waals surface area contributed by atoms with Gasteiger partial charge in [-0.3, -0.25) is 4.79 Å². The molecule has 0 saturated carbocycles. The van der Waals surface area contributed by atoms with Crippen LogP contribution in [0.2, 0.25) is 0 Å². The van der Waals surface area contributed by atoms with Crippen LogP contribution >= 0.6 is 0 Å². The van der Waals surface area contributed by atoms with Crippen molar-refractivity contribution in [1.29, 1.82) is 0 Å². The lowest BCUT2D eigenvalue weighted by Crippen LogP contribution is -2.51. The Balaban J connectivity index is 1.59. The molecule has 2 aliphatic rings. The molecule has 4 rings (SSSR count). The van der Waals surface area contributed by atoms with Crippen LogP contribution in [0.25, 0.3) is 0 Å². The lowest BCUT2D eigenvalue weighted by atomic mass is 9.72. The molecule has 166 valence electrons. The fraction of sp³-hybridized carbons (Fsp3) is 0.565. The topological polar surface area (TPSA) is 91.6 Å². The number of hydrogen-bond donors (Lipinski definition) is 1. The zero-order valence-electron chi connectivity index (χ0n) is 18.8. The van der Waals surface area contributed by atoms with E-state index in [-0.39, 0.29) is 17.9 Å². The number of urea groups is 1. The molecule has 8 heteroatoms. The van der Waals surface area contributed by atoms with Gasteiger partial charge in [0.25, 0.3) is 5.91 Å². The number of carbonyl (C=O) groups is 2. The molecule has 0 radical (unpaired) electrons. The predicted octanol–water partition coefficient (Wildman–Crippen LogP) is 2.83. The van der Waals surface area contributed by atoms with E-state index in [4.69, 9.17) is 4.42 Å². The summed E-state index contributed by atoms with van der Waals surface area (Å²) in [5.41, 5.74) is 2.45. The summed E-state index contributed by atoms with van der Waals surface area (Å²) in [6.45, 7) is 10.7. The molecule has 2 saturated heterocycles. The molecule has 0 bridgehead atoms. The van der Waals surface area contributed by atoms with Crippen molar-refractivity contribution in [2.24, 2.45) is 5.92 Å². The van der Waals surface area contributed by atoms with Crippen molar-refractivity contribution in [3.63, 3.8) is 0 Å². The first kappa shape index (κ1) is 21.3. The Hall–Kier alpha value is -2.90. The largest absolute Gasteiger partial charge is 0.425 e.